The molecule has 0 spiro atoms. The molecule has 0 radical (unpaired) electrons. The number of esters is 1. The number of hydrogen-bond acceptors (Lipinski definition) is 4. The number of nitrogens with zero attached hydrogens (tertiary/aromatic N) is 2. The first-order chi connectivity index (χ1) is 8.54. The van der Waals surface area contributed by atoms with E-state index in [1.807, 2.05) is 0 Å². The summed E-state index contributed by atoms with van der Waals surface area (Å²) in [5.41, 5.74) is 0. The van der Waals surface area contributed by atoms with Gasteiger partial charge in [-0.3, -0.25) is 9.59 Å². The average Bonchev–Trinajstić information content (AvgIpc) is 2.36. The van der Waals surface area contributed by atoms with Gasteiger partial charge < -0.3 is 19.9 Å². The molecule has 0 unspecified atom stereocenters. The third-order valence-corrected chi connectivity index (χ3v) is 2.70. The van der Waals surface area contributed by atoms with Crippen molar-refractivity contribution in [2.24, 2.45) is 0 Å². The molecule has 1 fully saturated rings. The van der Waals surface area contributed by atoms with Gasteiger partial charge in [0.25, 0.3) is 0 Å². The highest BCUT2D eigenvalue weighted by molar-refractivity contribution is 5.81. The number of ether oxygens (including phenoxy) is 1. The van der Waals surface area contributed by atoms with E-state index in [1.165, 1.54) is 6.92 Å². The van der Waals surface area contributed by atoms with E-state index in [1.54, 1.807) is 16.7 Å². The Morgan fingerprint density at radius 1 is 1.11 bits per heavy atom. The summed E-state index contributed by atoms with van der Waals surface area (Å²) in [4.78, 5) is 37.1. The van der Waals surface area contributed by atoms with Gasteiger partial charge in [0, 0.05) is 33.1 Å². The molecule has 3 amide bonds. The molecule has 0 aromatic heterocycles. The van der Waals surface area contributed by atoms with Gasteiger partial charge in [-0.25, -0.2) is 4.79 Å². The van der Waals surface area contributed by atoms with Crippen molar-refractivity contribution in [3.05, 3.63) is 0 Å². The lowest BCUT2D eigenvalue weighted by Gasteiger charge is -2.34. The molecule has 0 bridgehead atoms. The molecule has 1 N–H and O–H groups in total. The Hall–Kier alpha value is -1.79. The zero-order valence-corrected chi connectivity index (χ0v) is 10.8. The summed E-state index contributed by atoms with van der Waals surface area (Å²) in [5.74, 6) is -0.435. The van der Waals surface area contributed by atoms with Crippen molar-refractivity contribution in [2.45, 2.75) is 13.8 Å². The Morgan fingerprint density at radius 2 is 1.67 bits per heavy atom. The van der Waals surface area contributed by atoms with Crippen LogP contribution in [0.15, 0.2) is 0 Å². The summed E-state index contributed by atoms with van der Waals surface area (Å²) in [6.07, 6.45) is 0. The molecule has 0 aromatic carbocycles. The van der Waals surface area contributed by atoms with Gasteiger partial charge in [-0.1, -0.05) is 0 Å². The zero-order chi connectivity index (χ0) is 13.5. The van der Waals surface area contributed by atoms with E-state index in [0.29, 0.717) is 32.8 Å². The first-order valence-corrected chi connectivity index (χ1v) is 5.98. The molecule has 1 heterocycles. The van der Waals surface area contributed by atoms with Crippen molar-refractivity contribution in [1.82, 2.24) is 15.1 Å². The number of piperazine rings is 1. The van der Waals surface area contributed by atoms with Gasteiger partial charge in [-0.2, -0.15) is 0 Å². The van der Waals surface area contributed by atoms with Gasteiger partial charge in [-0.15, -0.1) is 0 Å². The number of amides is 3. The third-order valence-electron chi connectivity index (χ3n) is 2.70. The fourth-order valence-electron chi connectivity index (χ4n) is 1.70. The molecule has 1 aliphatic heterocycles. The van der Waals surface area contributed by atoms with E-state index >= 15 is 0 Å². The van der Waals surface area contributed by atoms with Gasteiger partial charge >= 0.3 is 12.0 Å². The Bertz CT molecular complexity index is 324. The minimum absolute atomic E-state index is 0.0154. The first-order valence-electron chi connectivity index (χ1n) is 5.98. The molecule has 1 aliphatic rings. The topological polar surface area (TPSA) is 79.0 Å². The molecule has 1 rings (SSSR count). The minimum Gasteiger partial charge on any atom is -0.465 e. The van der Waals surface area contributed by atoms with Crippen molar-refractivity contribution >= 4 is 17.9 Å². The van der Waals surface area contributed by atoms with Crippen molar-refractivity contribution < 1.29 is 19.1 Å². The number of carbonyl (C=O) groups is 3. The lowest BCUT2D eigenvalue weighted by atomic mass is 10.3. The van der Waals surface area contributed by atoms with E-state index in [-0.39, 0.29) is 18.5 Å². The first kappa shape index (κ1) is 14.3. The SMILES string of the molecule is CCOC(=O)CNC(=O)N1CCN(C(C)=O)CC1. The molecule has 1 saturated heterocycles. The predicted molar refractivity (Wildman–Crippen MR) is 63.9 cm³/mol. The van der Waals surface area contributed by atoms with E-state index in [0.717, 1.165) is 0 Å². The fraction of sp³-hybridized carbons (Fsp3) is 0.727. The summed E-state index contributed by atoms with van der Waals surface area (Å²) >= 11 is 0. The summed E-state index contributed by atoms with van der Waals surface area (Å²) in [7, 11) is 0. The summed E-state index contributed by atoms with van der Waals surface area (Å²) in [6.45, 7) is 5.41. The van der Waals surface area contributed by atoms with Crippen molar-refractivity contribution in [1.29, 1.82) is 0 Å². The molecule has 18 heavy (non-hydrogen) atoms. The molecular weight excluding hydrogens is 238 g/mol. The van der Waals surface area contributed by atoms with Gasteiger partial charge in [0.15, 0.2) is 0 Å². The molecular formula is C11H19N3O4. The Labute approximate surface area is 106 Å². The third kappa shape index (κ3) is 4.23. The highest BCUT2D eigenvalue weighted by Crippen LogP contribution is 2.01. The largest absolute Gasteiger partial charge is 0.465 e. The highest BCUT2D eigenvalue weighted by Gasteiger charge is 2.22. The number of nitrogens with one attached hydrogen (secondary N) is 1. The van der Waals surface area contributed by atoms with Crippen LogP contribution in [0.2, 0.25) is 0 Å². The van der Waals surface area contributed by atoms with E-state index in [4.69, 9.17) is 4.74 Å². The van der Waals surface area contributed by atoms with Gasteiger partial charge in [-0.05, 0) is 6.92 Å². The fourth-order valence-corrected chi connectivity index (χ4v) is 1.70. The molecule has 7 nitrogen and oxygen atoms in total. The molecule has 7 heteroatoms. The molecule has 0 atom stereocenters. The van der Waals surface area contributed by atoms with Crippen LogP contribution in [0.1, 0.15) is 13.8 Å². The van der Waals surface area contributed by atoms with Crippen LogP contribution in [-0.4, -0.2) is 67.0 Å². The normalized spacial score (nSPS) is 15.2. The van der Waals surface area contributed by atoms with Crippen LogP contribution >= 0.6 is 0 Å². The van der Waals surface area contributed by atoms with Crippen molar-refractivity contribution in [3.63, 3.8) is 0 Å². The van der Waals surface area contributed by atoms with E-state index in [9.17, 15) is 14.4 Å². The highest BCUT2D eigenvalue weighted by atomic mass is 16.5. The molecule has 0 aliphatic carbocycles. The number of carbonyl (C=O) groups excluding carboxylic acids is 3. The Morgan fingerprint density at radius 3 is 2.17 bits per heavy atom. The van der Waals surface area contributed by atoms with Crippen LogP contribution in [0.5, 0.6) is 0 Å². The van der Waals surface area contributed by atoms with Crippen LogP contribution in [-0.2, 0) is 14.3 Å². The second kappa shape index (κ2) is 6.83. The number of hydrogen-bond donors (Lipinski definition) is 1. The van der Waals surface area contributed by atoms with E-state index < -0.39 is 5.97 Å². The lowest BCUT2D eigenvalue weighted by Crippen LogP contribution is -2.53. The standard InChI is InChI=1S/C11H19N3O4/c1-3-18-10(16)8-12-11(17)14-6-4-13(5-7-14)9(2)15/h3-8H2,1-2H3,(H,12,17). The van der Waals surface area contributed by atoms with Gasteiger partial charge in [0.1, 0.15) is 6.54 Å². The van der Waals surface area contributed by atoms with Crippen LogP contribution in [0, 0.1) is 0 Å². The van der Waals surface area contributed by atoms with Gasteiger partial charge in [0.2, 0.25) is 5.91 Å². The maximum absolute atomic E-state index is 11.7. The summed E-state index contributed by atoms with van der Waals surface area (Å²) in [5, 5.41) is 2.49. The maximum Gasteiger partial charge on any atom is 0.325 e. The molecule has 0 aromatic rings. The Balaban J connectivity index is 2.28. The van der Waals surface area contributed by atoms with Crippen LogP contribution < -0.4 is 5.32 Å². The zero-order valence-electron chi connectivity index (χ0n) is 10.8. The quantitative estimate of drug-likeness (QED) is 0.686. The average molecular weight is 257 g/mol. The summed E-state index contributed by atoms with van der Waals surface area (Å²) in [6, 6.07) is -0.300. The summed E-state index contributed by atoms with van der Waals surface area (Å²) < 4.78 is 4.70. The minimum atomic E-state index is -0.451. The number of rotatable bonds is 3. The second-order valence-corrected chi connectivity index (χ2v) is 3.96. The maximum atomic E-state index is 11.7. The smallest absolute Gasteiger partial charge is 0.325 e. The number of urea groups is 1. The Kier molecular flexibility index (Phi) is 5.41. The molecule has 102 valence electrons. The van der Waals surface area contributed by atoms with Gasteiger partial charge in [0.05, 0.1) is 6.61 Å². The van der Waals surface area contributed by atoms with Crippen molar-refractivity contribution in [3.8, 4) is 0 Å². The van der Waals surface area contributed by atoms with E-state index in [2.05, 4.69) is 5.32 Å². The molecule has 0 saturated carbocycles. The van der Waals surface area contributed by atoms with Crippen molar-refractivity contribution in [2.75, 3.05) is 39.3 Å². The predicted octanol–water partition coefficient (Wildman–Crippen LogP) is -0.577. The monoisotopic (exact) mass is 257 g/mol. The van der Waals surface area contributed by atoms with Crippen LogP contribution in [0.25, 0.3) is 0 Å². The second-order valence-electron chi connectivity index (χ2n) is 3.96. The lowest BCUT2D eigenvalue weighted by molar-refractivity contribution is -0.141. The van der Waals surface area contributed by atoms with Crippen LogP contribution in [0.4, 0.5) is 4.79 Å². The van der Waals surface area contributed by atoms with Crippen LogP contribution in [0.3, 0.4) is 0 Å².